The van der Waals surface area contributed by atoms with E-state index < -0.39 is 0 Å². The average molecular weight is 312 g/mol. The van der Waals surface area contributed by atoms with Crippen molar-refractivity contribution in [2.75, 3.05) is 0 Å². The summed E-state index contributed by atoms with van der Waals surface area (Å²) in [5.74, 6) is 0. The number of rotatable bonds is 15. The zero-order valence-electron chi connectivity index (χ0n) is 13.4. The summed E-state index contributed by atoms with van der Waals surface area (Å²) in [4.78, 5) is 0. The first-order valence-electron chi connectivity index (χ1n) is 8.71. The number of unbranched alkanes of at least 4 members (excludes halogenated alkanes) is 15. The van der Waals surface area contributed by atoms with Crippen LogP contribution in [-0.4, -0.2) is 0 Å². The van der Waals surface area contributed by atoms with Gasteiger partial charge in [0.1, 0.15) is 0 Å². The van der Waals surface area contributed by atoms with Crippen molar-refractivity contribution in [2.45, 2.75) is 110 Å². The Bertz CT molecular complexity index is 118. The van der Waals surface area contributed by atoms with E-state index in [0.29, 0.717) is 0 Å². The summed E-state index contributed by atoms with van der Waals surface area (Å²) in [5.41, 5.74) is 0. The Labute approximate surface area is 133 Å². The van der Waals surface area contributed by atoms with Gasteiger partial charge in [-0.25, -0.2) is 0 Å². The van der Waals surface area contributed by atoms with Gasteiger partial charge in [-0.1, -0.05) is 103 Å². The minimum Gasteiger partial charge on any atom is -0.343 e. The summed E-state index contributed by atoms with van der Waals surface area (Å²) < 4.78 is 0. The van der Waals surface area contributed by atoms with Crippen LogP contribution in [0.25, 0.3) is 0 Å². The molecule has 0 aliphatic carbocycles. The monoisotopic (exact) mass is 312 g/mol. The van der Waals surface area contributed by atoms with Crippen LogP contribution in [-0.2, 0) is 16.8 Å². The summed E-state index contributed by atoms with van der Waals surface area (Å²) in [5, 5.41) is 0. The van der Waals surface area contributed by atoms with E-state index in [-0.39, 0.29) is 16.8 Å². The van der Waals surface area contributed by atoms with Crippen LogP contribution in [0.1, 0.15) is 110 Å². The molecule has 0 bridgehead atoms. The molecule has 0 saturated carbocycles. The topological polar surface area (TPSA) is 0 Å². The van der Waals surface area contributed by atoms with Crippen LogP contribution in [0.15, 0.2) is 0 Å². The van der Waals surface area contributed by atoms with Crippen LogP contribution < -0.4 is 0 Å². The molecule has 0 unspecified atom stereocenters. The smallest absolute Gasteiger partial charge is 0 e. The molecule has 0 rings (SSSR count). The molecule has 0 amide bonds. The molecule has 0 spiro atoms. The third-order valence-corrected chi connectivity index (χ3v) is 3.85. The van der Waals surface area contributed by atoms with Gasteiger partial charge in [0.2, 0.25) is 0 Å². The van der Waals surface area contributed by atoms with Gasteiger partial charge < -0.3 is 6.92 Å². The van der Waals surface area contributed by atoms with Crippen LogP contribution in [0.3, 0.4) is 0 Å². The summed E-state index contributed by atoms with van der Waals surface area (Å²) >= 11 is 0. The maximum absolute atomic E-state index is 3.88. The standard InChI is InChI=1S/C18H37.Co/c1-3-5-7-9-11-13-15-17-18-16-14-12-10-8-6-4-2;/h1,3-18H2,2H3;/q-1;. The van der Waals surface area contributed by atoms with E-state index in [0.717, 1.165) is 6.42 Å². The average Bonchev–Trinajstić information content (AvgIpc) is 2.39. The molecular weight excluding hydrogens is 275 g/mol. The summed E-state index contributed by atoms with van der Waals surface area (Å²) in [6.07, 6.45) is 22.8. The SMILES string of the molecule is [CH2-]CCCCCCCCCCCCCCCCC.[Co]. The van der Waals surface area contributed by atoms with E-state index in [1.165, 1.54) is 96.3 Å². The molecule has 0 N–H and O–H groups in total. The quantitative estimate of drug-likeness (QED) is 0.224. The molecule has 0 nitrogen and oxygen atoms in total. The molecule has 0 aromatic rings. The van der Waals surface area contributed by atoms with Gasteiger partial charge in [-0.15, -0.1) is 0 Å². The number of hydrogen-bond acceptors (Lipinski definition) is 0. The first kappa shape index (κ1) is 21.8. The van der Waals surface area contributed by atoms with Crippen molar-refractivity contribution in [1.29, 1.82) is 0 Å². The maximum Gasteiger partial charge on any atom is 0 e. The fourth-order valence-electron chi connectivity index (χ4n) is 2.55. The normalized spacial score (nSPS) is 10.4. The molecule has 0 saturated heterocycles. The van der Waals surface area contributed by atoms with E-state index in [1.807, 2.05) is 0 Å². The second-order valence-corrected chi connectivity index (χ2v) is 5.80. The van der Waals surface area contributed by atoms with Gasteiger partial charge in [-0.3, -0.25) is 0 Å². The Morgan fingerprint density at radius 1 is 0.474 bits per heavy atom. The van der Waals surface area contributed by atoms with Gasteiger partial charge in [0.05, 0.1) is 0 Å². The molecule has 1 heteroatoms. The second kappa shape index (κ2) is 20.8. The predicted octanol–water partition coefficient (Wildman–Crippen LogP) is 7.08. The zero-order chi connectivity index (χ0) is 13.3. The molecule has 0 aliphatic rings. The van der Waals surface area contributed by atoms with E-state index in [2.05, 4.69) is 13.8 Å². The Hall–Kier alpha value is 0.506. The molecule has 1 radical (unpaired) electrons. The predicted molar refractivity (Wildman–Crippen MR) is 84.9 cm³/mol. The molecule has 0 aromatic carbocycles. The molecular formula is C18H37Co-. The zero-order valence-corrected chi connectivity index (χ0v) is 14.4. The van der Waals surface area contributed by atoms with E-state index in [1.54, 1.807) is 0 Å². The summed E-state index contributed by atoms with van der Waals surface area (Å²) in [6.45, 7) is 6.18. The van der Waals surface area contributed by atoms with Gasteiger partial charge in [-0.05, 0) is 0 Å². The fourth-order valence-corrected chi connectivity index (χ4v) is 2.55. The molecule has 19 heavy (non-hydrogen) atoms. The van der Waals surface area contributed by atoms with Crippen molar-refractivity contribution in [3.63, 3.8) is 0 Å². The summed E-state index contributed by atoms with van der Waals surface area (Å²) in [7, 11) is 0. The van der Waals surface area contributed by atoms with Crippen molar-refractivity contribution in [3.05, 3.63) is 6.92 Å². The van der Waals surface area contributed by atoms with Crippen LogP contribution in [0.2, 0.25) is 0 Å². The van der Waals surface area contributed by atoms with Crippen molar-refractivity contribution in [1.82, 2.24) is 0 Å². The van der Waals surface area contributed by atoms with Crippen LogP contribution >= 0.6 is 0 Å². The third kappa shape index (κ3) is 21.0. The minimum absolute atomic E-state index is 0. The maximum atomic E-state index is 3.88. The molecule has 0 aromatic heterocycles. The van der Waals surface area contributed by atoms with E-state index >= 15 is 0 Å². The molecule has 0 atom stereocenters. The van der Waals surface area contributed by atoms with Crippen LogP contribution in [0.4, 0.5) is 0 Å². The Balaban J connectivity index is 0. The van der Waals surface area contributed by atoms with Crippen molar-refractivity contribution in [2.24, 2.45) is 0 Å². The van der Waals surface area contributed by atoms with Gasteiger partial charge in [-0.2, -0.15) is 6.42 Å². The molecule has 0 heterocycles. The van der Waals surface area contributed by atoms with Gasteiger partial charge in [0.25, 0.3) is 0 Å². The molecule has 0 aliphatic heterocycles. The Morgan fingerprint density at radius 3 is 1.00 bits per heavy atom. The summed E-state index contributed by atoms with van der Waals surface area (Å²) in [6, 6.07) is 0. The van der Waals surface area contributed by atoms with E-state index in [4.69, 9.17) is 0 Å². The minimum atomic E-state index is 0. The largest absolute Gasteiger partial charge is 0.343 e. The van der Waals surface area contributed by atoms with Crippen LogP contribution in [0, 0.1) is 6.92 Å². The fraction of sp³-hybridized carbons (Fsp3) is 0.944. The third-order valence-electron chi connectivity index (χ3n) is 3.85. The Morgan fingerprint density at radius 2 is 0.737 bits per heavy atom. The first-order valence-corrected chi connectivity index (χ1v) is 8.71. The van der Waals surface area contributed by atoms with Crippen molar-refractivity contribution in [3.8, 4) is 0 Å². The van der Waals surface area contributed by atoms with E-state index in [9.17, 15) is 0 Å². The van der Waals surface area contributed by atoms with Gasteiger partial charge in [0, 0.05) is 16.8 Å². The molecule has 0 fully saturated rings. The van der Waals surface area contributed by atoms with Crippen LogP contribution in [0.5, 0.6) is 0 Å². The first-order chi connectivity index (χ1) is 8.91. The Kier molecular flexibility index (Phi) is 23.9. The van der Waals surface area contributed by atoms with Crippen molar-refractivity contribution < 1.29 is 16.8 Å². The molecule has 119 valence electrons. The van der Waals surface area contributed by atoms with Crippen molar-refractivity contribution >= 4 is 0 Å². The second-order valence-electron chi connectivity index (χ2n) is 5.80. The van der Waals surface area contributed by atoms with Gasteiger partial charge in [0.15, 0.2) is 0 Å². The number of hydrogen-bond donors (Lipinski definition) is 0. The van der Waals surface area contributed by atoms with Gasteiger partial charge >= 0.3 is 0 Å².